The lowest BCUT2D eigenvalue weighted by atomic mass is 10.0. The Balaban J connectivity index is 1.44. The van der Waals surface area contributed by atoms with Crippen molar-refractivity contribution in [3.05, 3.63) is 24.3 Å². The van der Waals surface area contributed by atoms with Crippen molar-refractivity contribution in [3.63, 3.8) is 0 Å². The number of ether oxygens (including phenoxy) is 2. The molecular formula is C18H25NO5S. The Labute approximate surface area is 149 Å². The van der Waals surface area contributed by atoms with Crippen LogP contribution in [0.4, 0.5) is 0 Å². The van der Waals surface area contributed by atoms with Crippen LogP contribution in [-0.4, -0.2) is 57.0 Å². The number of methoxy groups -OCH3 is 1. The molecule has 138 valence electrons. The fourth-order valence-corrected chi connectivity index (χ4v) is 5.34. The molecule has 1 atom stereocenters. The van der Waals surface area contributed by atoms with Crippen LogP contribution >= 0.6 is 0 Å². The molecule has 1 aromatic rings. The van der Waals surface area contributed by atoms with Gasteiger partial charge in [0.25, 0.3) is 0 Å². The second-order valence-electron chi connectivity index (χ2n) is 6.85. The van der Waals surface area contributed by atoms with Gasteiger partial charge in [-0.2, -0.15) is 0 Å². The second-order valence-corrected chi connectivity index (χ2v) is 9.08. The number of hydrogen-bond acceptors (Lipinski definition) is 5. The number of sulfone groups is 1. The van der Waals surface area contributed by atoms with Crippen molar-refractivity contribution in [1.82, 2.24) is 4.90 Å². The quantitative estimate of drug-likeness (QED) is 0.795. The summed E-state index contributed by atoms with van der Waals surface area (Å²) in [6, 6.07) is 7.50. The van der Waals surface area contributed by atoms with Crippen molar-refractivity contribution in [2.75, 3.05) is 31.7 Å². The molecule has 6 nitrogen and oxygen atoms in total. The highest BCUT2D eigenvalue weighted by Crippen LogP contribution is 2.25. The zero-order chi connectivity index (χ0) is 17.9. The van der Waals surface area contributed by atoms with Crippen LogP contribution in [0.25, 0.3) is 0 Å². The molecule has 0 aromatic heterocycles. The van der Waals surface area contributed by atoms with E-state index in [0.717, 1.165) is 24.3 Å². The third-order valence-corrected chi connectivity index (χ3v) is 6.78. The lowest BCUT2D eigenvalue weighted by Gasteiger charge is -2.32. The van der Waals surface area contributed by atoms with Crippen LogP contribution < -0.4 is 9.47 Å². The average Bonchev–Trinajstić information content (AvgIpc) is 2.94. The van der Waals surface area contributed by atoms with Crippen LogP contribution in [0.5, 0.6) is 11.5 Å². The first kappa shape index (κ1) is 18.0. The highest BCUT2D eigenvalue weighted by atomic mass is 32.2. The Morgan fingerprint density at radius 2 is 1.76 bits per heavy atom. The Morgan fingerprint density at radius 3 is 2.32 bits per heavy atom. The summed E-state index contributed by atoms with van der Waals surface area (Å²) in [5.41, 5.74) is 0. The van der Waals surface area contributed by atoms with E-state index >= 15 is 0 Å². The molecule has 0 unspecified atom stereocenters. The van der Waals surface area contributed by atoms with Crippen LogP contribution in [-0.2, 0) is 14.6 Å². The highest BCUT2D eigenvalue weighted by molar-refractivity contribution is 7.91. The van der Waals surface area contributed by atoms with Gasteiger partial charge < -0.3 is 14.4 Å². The lowest BCUT2D eigenvalue weighted by molar-refractivity contribution is -0.133. The average molecular weight is 367 g/mol. The summed E-state index contributed by atoms with van der Waals surface area (Å²) in [7, 11) is -1.29. The highest BCUT2D eigenvalue weighted by Gasteiger charge is 2.32. The van der Waals surface area contributed by atoms with Crippen LogP contribution in [0.3, 0.4) is 0 Å². The van der Waals surface area contributed by atoms with Crippen molar-refractivity contribution < 1.29 is 22.7 Å². The summed E-state index contributed by atoms with van der Waals surface area (Å²) < 4.78 is 34.1. The molecule has 2 fully saturated rings. The number of carbonyl (C=O) groups is 1. The summed E-state index contributed by atoms with van der Waals surface area (Å²) in [6.45, 7) is 1.33. The van der Waals surface area contributed by atoms with Gasteiger partial charge in [0.05, 0.1) is 18.6 Å². The van der Waals surface area contributed by atoms with Crippen LogP contribution in [0.2, 0.25) is 0 Å². The molecule has 0 spiro atoms. The van der Waals surface area contributed by atoms with Crippen molar-refractivity contribution in [2.24, 2.45) is 5.92 Å². The zero-order valence-corrected chi connectivity index (χ0v) is 15.3. The number of amides is 1. The van der Waals surface area contributed by atoms with Gasteiger partial charge in [0, 0.05) is 32.4 Å². The van der Waals surface area contributed by atoms with Crippen molar-refractivity contribution in [1.29, 1.82) is 0 Å². The molecular weight excluding hydrogens is 342 g/mol. The van der Waals surface area contributed by atoms with Crippen molar-refractivity contribution in [2.45, 2.75) is 31.8 Å². The molecule has 0 aliphatic carbocycles. The van der Waals surface area contributed by atoms with Gasteiger partial charge in [-0.3, -0.25) is 4.79 Å². The van der Waals surface area contributed by atoms with Crippen LogP contribution in [0.1, 0.15) is 25.7 Å². The van der Waals surface area contributed by atoms with Gasteiger partial charge >= 0.3 is 0 Å². The third kappa shape index (κ3) is 4.87. The van der Waals surface area contributed by atoms with E-state index in [4.69, 9.17) is 9.47 Å². The second kappa shape index (κ2) is 7.64. The van der Waals surface area contributed by atoms with E-state index in [1.807, 2.05) is 29.2 Å². The lowest BCUT2D eigenvalue weighted by Crippen LogP contribution is -2.42. The maximum Gasteiger partial charge on any atom is 0.222 e. The topological polar surface area (TPSA) is 72.9 Å². The molecule has 0 radical (unpaired) electrons. The molecule has 25 heavy (non-hydrogen) atoms. The Morgan fingerprint density at radius 1 is 1.12 bits per heavy atom. The first-order valence-corrected chi connectivity index (χ1v) is 10.6. The Bertz CT molecular complexity index is 693. The molecule has 1 aromatic carbocycles. The fourth-order valence-electron chi connectivity index (χ4n) is 3.48. The van der Waals surface area contributed by atoms with Gasteiger partial charge in [-0.15, -0.1) is 0 Å². The number of hydrogen-bond donors (Lipinski definition) is 0. The van der Waals surface area contributed by atoms with Gasteiger partial charge in [0.1, 0.15) is 17.6 Å². The Kier molecular flexibility index (Phi) is 5.51. The van der Waals surface area contributed by atoms with E-state index < -0.39 is 9.84 Å². The molecule has 7 heteroatoms. The maximum atomic E-state index is 12.4. The number of benzene rings is 1. The predicted molar refractivity (Wildman–Crippen MR) is 94.6 cm³/mol. The van der Waals surface area contributed by atoms with E-state index in [1.54, 1.807) is 7.11 Å². The normalized spacial score (nSPS) is 23.4. The first-order chi connectivity index (χ1) is 11.9. The summed E-state index contributed by atoms with van der Waals surface area (Å²) in [5.74, 6) is 2.05. The molecule has 2 aliphatic rings. The van der Waals surface area contributed by atoms with Crippen LogP contribution in [0, 0.1) is 5.92 Å². The minimum Gasteiger partial charge on any atom is -0.497 e. The van der Waals surface area contributed by atoms with E-state index in [0.29, 0.717) is 25.9 Å². The van der Waals surface area contributed by atoms with Gasteiger partial charge in [-0.1, -0.05) is 0 Å². The van der Waals surface area contributed by atoms with Crippen LogP contribution in [0.15, 0.2) is 24.3 Å². The van der Waals surface area contributed by atoms with Gasteiger partial charge in [0.2, 0.25) is 5.91 Å². The predicted octanol–water partition coefficient (Wildman–Crippen LogP) is 1.89. The number of piperidine rings is 1. The van der Waals surface area contributed by atoms with Crippen molar-refractivity contribution in [3.8, 4) is 11.5 Å². The number of carbonyl (C=O) groups excluding carboxylic acids is 1. The summed E-state index contributed by atoms with van der Waals surface area (Å²) in [4.78, 5) is 14.2. The summed E-state index contributed by atoms with van der Waals surface area (Å²) in [6.07, 6.45) is 2.65. The molecule has 2 saturated heterocycles. The molecule has 2 heterocycles. The summed E-state index contributed by atoms with van der Waals surface area (Å²) in [5, 5.41) is 0. The monoisotopic (exact) mass is 367 g/mol. The van der Waals surface area contributed by atoms with Crippen molar-refractivity contribution >= 4 is 15.7 Å². The minimum atomic E-state index is -2.92. The van der Waals surface area contributed by atoms with E-state index in [9.17, 15) is 13.2 Å². The summed E-state index contributed by atoms with van der Waals surface area (Å²) >= 11 is 0. The molecule has 0 N–H and O–H groups in total. The molecule has 2 aliphatic heterocycles. The third-order valence-electron chi connectivity index (χ3n) is 4.95. The zero-order valence-electron chi connectivity index (χ0n) is 14.5. The van der Waals surface area contributed by atoms with Gasteiger partial charge in [-0.25, -0.2) is 8.42 Å². The maximum absolute atomic E-state index is 12.4. The van der Waals surface area contributed by atoms with Gasteiger partial charge in [-0.05, 0) is 36.6 Å². The van der Waals surface area contributed by atoms with Gasteiger partial charge in [0.15, 0.2) is 9.84 Å². The Hall–Kier alpha value is -1.76. The standard InChI is InChI=1S/C18H25NO5S/c1-23-15-2-4-16(5-3-15)24-17-6-9-19(10-7-17)18(20)12-14-8-11-25(21,22)13-14/h2-5,14,17H,6-13H2,1H3/t14-/m0/s1. The molecule has 0 bridgehead atoms. The number of rotatable bonds is 5. The SMILES string of the molecule is COc1ccc(OC2CCN(C(=O)C[C@@H]3CCS(=O)(=O)C3)CC2)cc1. The first-order valence-electron chi connectivity index (χ1n) is 8.74. The smallest absolute Gasteiger partial charge is 0.222 e. The number of likely N-dealkylation sites (tertiary alicyclic amines) is 1. The molecule has 3 rings (SSSR count). The minimum absolute atomic E-state index is 0.00854. The van der Waals surface area contributed by atoms with E-state index in [-0.39, 0.29) is 29.4 Å². The van der Waals surface area contributed by atoms with E-state index in [2.05, 4.69) is 0 Å². The largest absolute Gasteiger partial charge is 0.497 e. The number of nitrogens with zero attached hydrogens (tertiary/aromatic N) is 1. The molecule has 1 amide bonds. The molecule has 0 saturated carbocycles. The van der Waals surface area contributed by atoms with E-state index in [1.165, 1.54) is 0 Å². The fraction of sp³-hybridized carbons (Fsp3) is 0.611.